The van der Waals surface area contributed by atoms with Crippen LogP contribution in [0, 0.1) is 12.7 Å². The number of likely N-dealkylation sites (N-methyl/N-ethyl adjacent to an activating group) is 1. The maximum atomic E-state index is 15.2. The van der Waals surface area contributed by atoms with Gasteiger partial charge in [-0.2, -0.15) is 4.98 Å². The van der Waals surface area contributed by atoms with Crippen molar-refractivity contribution in [3.63, 3.8) is 0 Å². The van der Waals surface area contributed by atoms with Gasteiger partial charge in [-0.3, -0.25) is 0 Å². The third kappa shape index (κ3) is 2.60. The predicted octanol–water partition coefficient (Wildman–Crippen LogP) is 2.66. The van der Waals surface area contributed by atoms with E-state index >= 15 is 4.39 Å². The fraction of sp³-hybridized carbons (Fsp3) is 0.529. The van der Waals surface area contributed by atoms with Gasteiger partial charge in [-0.05, 0) is 20.4 Å². The Hall–Kier alpha value is -1.13. The molecule has 1 atom stereocenters. The van der Waals surface area contributed by atoms with Gasteiger partial charge < -0.3 is 14.7 Å². The minimum absolute atomic E-state index is 0.229. The first-order valence-corrected chi connectivity index (χ1v) is 9.92. The van der Waals surface area contributed by atoms with Crippen molar-refractivity contribution < 1.29 is 4.39 Å². The molecule has 1 aromatic carbocycles. The average Bonchev–Trinajstić information content (AvgIpc) is 2.60. The molecule has 6 nitrogen and oxygen atoms in total. The molecule has 0 spiro atoms. The van der Waals surface area contributed by atoms with E-state index in [-0.39, 0.29) is 22.6 Å². The van der Waals surface area contributed by atoms with Crippen LogP contribution in [0.2, 0.25) is 5.02 Å². The Labute approximate surface area is 170 Å². The summed E-state index contributed by atoms with van der Waals surface area (Å²) < 4.78 is 16.6. The second-order valence-electron chi connectivity index (χ2n) is 7.14. The molecule has 0 radical (unpaired) electrons. The minimum Gasteiger partial charge on any atom is -0.371 e. The zero-order valence-electron chi connectivity index (χ0n) is 14.9. The lowest BCUT2D eigenvalue weighted by Crippen LogP contribution is -2.54. The molecule has 1 unspecified atom stereocenters. The van der Waals surface area contributed by atoms with Crippen molar-refractivity contribution >= 4 is 56.9 Å². The van der Waals surface area contributed by atoms with E-state index in [0.717, 1.165) is 32.6 Å². The monoisotopic (exact) mass is 491 g/mol. The minimum atomic E-state index is -0.382. The van der Waals surface area contributed by atoms with Gasteiger partial charge in [0.05, 0.1) is 44.5 Å². The quantitative estimate of drug-likeness (QED) is 0.530. The van der Waals surface area contributed by atoms with Crippen LogP contribution in [0.3, 0.4) is 0 Å². The van der Waals surface area contributed by atoms with E-state index in [1.54, 1.807) is 6.92 Å². The molecular formula is C17H20ClFIN5O. The smallest absolute Gasteiger partial charge is 0.359 e. The number of anilines is 2. The molecule has 0 bridgehead atoms. The van der Waals surface area contributed by atoms with Crippen LogP contribution in [0.5, 0.6) is 0 Å². The number of rotatable bonds is 0. The van der Waals surface area contributed by atoms with Gasteiger partial charge >= 0.3 is 5.69 Å². The molecule has 0 saturated carbocycles. The largest absolute Gasteiger partial charge is 0.371 e. The highest BCUT2D eigenvalue weighted by Crippen LogP contribution is 2.43. The van der Waals surface area contributed by atoms with Crippen molar-refractivity contribution in [2.24, 2.45) is 0 Å². The number of benzene rings is 1. The van der Waals surface area contributed by atoms with Gasteiger partial charge in [0, 0.05) is 44.8 Å². The topological polar surface area (TPSA) is 44.6 Å². The van der Waals surface area contributed by atoms with Crippen molar-refractivity contribution in [1.29, 1.82) is 0 Å². The molecule has 2 aromatic rings. The maximum absolute atomic E-state index is 15.2. The molecule has 1 aromatic heterocycles. The molecule has 0 aliphatic carbocycles. The molecule has 2 aliphatic rings. The summed E-state index contributed by atoms with van der Waals surface area (Å²) in [5.74, 6) is 0.217. The Bertz CT molecular complexity index is 965. The van der Waals surface area contributed by atoms with E-state index in [0.29, 0.717) is 28.0 Å². The van der Waals surface area contributed by atoms with E-state index in [1.807, 2.05) is 34.8 Å². The van der Waals surface area contributed by atoms with Gasteiger partial charge in [0.15, 0.2) is 5.82 Å². The third-order valence-electron chi connectivity index (χ3n) is 5.47. The molecule has 2 aliphatic heterocycles. The van der Waals surface area contributed by atoms with Crippen molar-refractivity contribution in [3.05, 3.63) is 26.9 Å². The van der Waals surface area contributed by atoms with Crippen LogP contribution in [-0.4, -0.2) is 59.0 Å². The SMILES string of the molecule is Cc1c(F)c2c3c(nc(=O)n(I)c3c1Cl)N1CCN(C)CC1CCN2C. The second-order valence-corrected chi connectivity index (χ2v) is 8.49. The van der Waals surface area contributed by atoms with Crippen LogP contribution in [0.4, 0.5) is 15.9 Å². The predicted molar refractivity (Wildman–Crippen MR) is 112 cm³/mol. The highest BCUT2D eigenvalue weighted by molar-refractivity contribution is 14.1. The fourth-order valence-corrected chi connectivity index (χ4v) is 5.02. The van der Waals surface area contributed by atoms with Gasteiger partial charge in [-0.1, -0.05) is 11.6 Å². The zero-order valence-corrected chi connectivity index (χ0v) is 17.8. The van der Waals surface area contributed by atoms with Gasteiger partial charge in [0.1, 0.15) is 5.82 Å². The lowest BCUT2D eigenvalue weighted by Gasteiger charge is -2.43. The summed E-state index contributed by atoms with van der Waals surface area (Å²) >= 11 is 8.40. The maximum Gasteiger partial charge on any atom is 0.359 e. The second kappa shape index (κ2) is 6.49. The van der Waals surface area contributed by atoms with Crippen molar-refractivity contribution in [2.75, 3.05) is 50.1 Å². The summed E-state index contributed by atoms with van der Waals surface area (Å²) in [6.07, 6.45) is 0.873. The number of hydrogen-bond donors (Lipinski definition) is 0. The highest BCUT2D eigenvalue weighted by Gasteiger charge is 2.34. The fourth-order valence-electron chi connectivity index (χ4n) is 4.02. The van der Waals surface area contributed by atoms with E-state index in [2.05, 4.69) is 21.8 Å². The lowest BCUT2D eigenvalue weighted by atomic mass is 10.0. The first-order chi connectivity index (χ1) is 12.3. The molecule has 0 amide bonds. The first kappa shape index (κ1) is 18.2. The van der Waals surface area contributed by atoms with Gasteiger partial charge in [0.2, 0.25) is 0 Å². The van der Waals surface area contributed by atoms with Crippen molar-refractivity contribution in [1.82, 2.24) is 12.7 Å². The van der Waals surface area contributed by atoms with E-state index in [4.69, 9.17) is 11.6 Å². The summed E-state index contributed by atoms with van der Waals surface area (Å²) in [5.41, 5.74) is 1.00. The van der Waals surface area contributed by atoms with Crippen LogP contribution < -0.4 is 15.5 Å². The number of hydrogen-bond acceptors (Lipinski definition) is 5. The number of piperazine rings is 1. The van der Waals surface area contributed by atoms with E-state index in [1.165, 1.54) is 2.78 Å². The standard InChI is InChI=1S/C17H20ClFIN5O/c1-9-12(18)14-11-15(13(9)19)23(3)5-4-10-8-22(2)6-7-24(10)16(11)21-17(26)25(14)20/h10H,4-8H2,1-3H3. The number of aromatic nitrogens is 2. The van der Waals surface area contributed by atoms with Crippen LogP contribution >= 0.6 is 34.5 Å². The normalized spacial score (nSPS) is 20.9. The van der Waals surface area contributed by atoms with Gasteiger partial charge in [0.25, 0.3) is 0 Å². The molecule has 3 heterocycles. The average molecular weight is 492 g/mol. The van der Waals surface area contributed by atoms with Gasteiger partial charge in [-0.25, -0.2) is 12.0 Å². The van der Waals surface area contributed by atoms with Crippen molar-refractivity contribution in [3.8, 4) is 0 Å². The van der Waals surface area contributed by atoms with Gasteiger partial charge in [-0.15, -0.1) is 0 Å². The molecular weight excluding hydrogens is 472 g/mol. The zero-order chi connectivity index (χ0) is 18.7. The Morgan fingerprint density at radius 3 is 2.73 bits per heavy atom. The molecule has 26 heavy (non-hydrogen) atoms. The highest BCUT2D eigenvalue weighted by atomic mass is 127. The number of halogens is 3. The molecule has 1 saturated heterocycles. The van der Waals surface area contributed by atoms with Crippen LogP contribution in [0.15, 0.2) is 4.79 Å². The summed E-state index contributed by atoms with van der Waals surface area (Å²) in [5, 5.41) is 0.903. The molecule has 140 valence electrons. The summed E-state index contributed by atoms with van der Waals surface area (Å²) in [4.78, 5) is 23.3. The first-order valence-electron chi connectivity index (χ1n) is 8.58. The molecule has 9 heteroatoms. The summed E-state index contributed by atoms with van der Waals surface area (Å²) in [6, 6.07) is 0.229. The van der Waals surface area contributed by atoms with Crippen LogP contribution in [-0.2, 0) is 0 Å². The molecule has 1 fully saturated rings. The van der Waals surface area contributed by atoms with Crippen LogP contribution in [0.25, 0.3) is 10.9 Å². The van der Waals surface area contributed by atoms with Crippen molar-refractivity contribution in [2.45, 2.75) is 19.4 Å². The van der Waals surface area contributed by atoms with E-state index in [9.17, 15) is 4.79 Å². The molecule has 0 N–H and O–H groups in total. The summed E-state index contributed by atoms with van der Waals surface area (Å²) in [6.45, 7) is 4.90. The number of fused-ring (bicyclic) bond motifs is 2. The Morgan fingerprint density at radius 2 is 2.00 bits per heavy atom. The lowest BCUT2D eigenvalue weighted by molar-refractivity contribution is 0.260. The van der Waals surface area contributed by atoms with Crippen LogP contribution in [0.1, 0.15) is 12.0 Å². The Balaban J connectivity index is 2.14. The number of nitrogens with zero attached hydrogens (tertiary/aromatic N) is 5. The Kier molecular flexibility index (Phi) is 4.55. The molecule has 4 rings (SSSR count). The third-order valence-corrected chi connectivity index (χ3v) is 6.83. The Morgan fingerprint density at radius 1 is 1.27 bits per heavy atom. The summed E-state index contributed by atoms with van der Waals surface area (Å²) in [7, 11) is 3.99. The van der Waals surface area contributed by atoms with E-state index < -0.39 is 0 Å².